The summed E-state index contributed by atoms with van der Waals surface area (Å²) in [5.41, 5.74) is 3.03. The molecular formula is C25H29N5O4S2. The lowest BCUT2D eigenvalue weighted by molar-refractivity contribution is -0.127. The molecule has 0 atom stereocenters. The molecule has 0 radical (unpaired) electrons. The van der Waals surface area contributed by atoms with Gasteiger partial charge in [-0.3, -0.25) is 9.69 Å². The molecule has 190 valence electrons. The molecule has 0 aliphatic carbocycles. The van der Waals surface area contributed by atoms with Crippen LogP contribution >= 0.6 is 11.3 Å². The molecule has 1 fully saturated rings. The molecule has 0 bridgehead atoms. The van der Waals surface area contributed by atoms with E-state index in [0.717, 1.165) is 35.4 Å². The minimum absolute atomic E-state index is 0.0692. The van der Waals surface area contributed by atoms with Crippen molar-refractivity contribution in [1.82, 2.24) is 14.6 Å². The highest BCUT2D eigenvalue weighted by Crippen LogP contribution is 2.30. The van der Waals surface area contributed by atoms with Crippen molar-refractivity contribution in [2.24, 2.45) is 0 Å². The maximum Gasteiger partial charge on any atom is 0.328 e. The van der Waals surface area contributed by atoms with Crippen molar-refractivity contribution in [2.75, 3.05) is 36.9 Å². The van der Waals surface area contributed by atoms with E-state index in [4.69, 9.17) is 0 Å². The number of nitrogens with zero attached hydrogens (tertiary/aromatic N) is 3. The van der Waals surface area contributed by atoms with E-state index >= 15 is 0 Å². The first-order valence-electron chi connectivity index (χ1n) is 11.7. The van der Waals surface area contributed by atoms with Crippen molar-refractivity contribution in [2.45, 2.75) is 30.4 Å². The van der Waals surface area contributed by atoms with Gasteiger partial charge in [-0.25, -0.2) is 22.9 Å². The predicted molar refractivity (Wildman–Crippen MR) is 142 cm³/mol. The van der Waals surface area contributed by atoms with Gasteiger partial charge in [0, 0.05) is 31.7 Å². The molecule has 0 saturated carbocycles. The number of urea groups is 1. The molecule has 1 aliphatic rings. The third-order valence-electron chi connectivity index (χ3n) is 5.96. The fourth-order valence-corrected chi connectivity index (χ4v) is 6.40. The van der Waals surface area contributed by atoms with Crippen molar-refractivity contribution in [1.29, 1.82) is 0 Å². The lowest BCUT2D eigenvalue weighted by Crippen LogP contribution is -2.37. The van der Waals surface area contributed by atoms with Gasteiger partial charge in [0.2, 0.25) is 5.91 Å². The summed E-state index contributed by atoms with van der Waals surface area (Å²) in [5.74, 6) is 0.122. The number of aryl methyl sites for hydroxylation is 1. The Kier molecular flexibility index (Phi) is 8.02. The maximum atomic E-state index is 13.3. The van der Waals surface area contributed by atoms with Crippen LogP contribution < -0.4 is 14.9 Å². The molecule has 2 N–H and O–H groups in total. The zero-order valence-electron chi connectivity index (χ0n) is 20.2. The first-order chi connectivity index (χ1) is 17.3. The number of benzene rings is 2. The molecule has 1 saturated heterocycles. The molecule has 2 aromatic carbocycles. The van der Waals surface area contributed by atoms with Gasteiger partial charge in [-0.1, -0.05) is 53.8 Å². The Morgan fingerprint density at radius 3 is 2.44 bits per heavy atom. The molecule has 0 spiro atoms. The average Bonchev–Trinajstić information content (AvgIpc) is 3.48. The van der Waals surface area contributed by atoms with Crippen LogP contribution in [0.25, 0.3) is 11.1 Å². The highest BCUT2D eigenvalue weighted by Gasteiger charge is 2.26. The van der Waals surface area contributed by atoms with Crippen molar-refractivity contribution < 1.29 is 18.0 Å². The van der Waals surface area contributed by atoms with Crippen LogP contribution in [0.15, 0.2) is 58.8 Å². The van der Waals surface area contributed by atoms with Crippen LogP contribution in [0.5, 0.6) is 0 Å². The van der Waals surface area contributed by atoms with Crippen molar-refractivity contribution in [3.05, 3.63) is 60.3 Å². The summed E-state index contributed by atoms with van der Waals surface area (Å²) in [6.45, 7) is 3.13. The Bertz CT molecular complexity index is 1320. The number of carbonyl (C=O) groups is 2. The van der Waals surface area contributed by atoms with Crippen LogP contribution in [0, 0.1) is 6.92 Å². The summed E-state index contributed by atoms with van der Waals surface area (Å²) >= 11 is 0.944. The molecule has 3 amide bonds. The molecule has 2 heterocycles. The number of anilines is 2. The summed E-state index contributed by atoms with van der Waals surface area (Å²) in [5, 5.41) is 3.18. The standard InChI is InChI=1S/C25H29N5O4S2/c1-18-23(36(33,34)26-2)35-25(27-18)30(17-7-16-29-15-6-10-22(29)31)24(32)28-21-13-11-20(12-14-21)19-8-4-3-5-9-19/h3-5,8-9,11-14,26H,6-7,10,15-17H2,1-2H3,(H,28,32). The van der Waals surface area contributed by atoms with Gasteiger partial charge >= 0.3 is 6.03 Å². The van der Waals surface area contributed by atoms with Crippen LogP contribution in [-0.2, 0) is 14.8 Å². The summed E-state index contributed by atoms with van der Waals surface area (Å²) < 4.78 is 27.1. The number of thiazole rings is 1. The van der Waals surface area contributed by atoms with E-state index < -0.39 is 16.1 Å². The monoisotopic (exact) mass is 527 g/mol. The third-order valence-corrected chi connectivity index (χ3v) is 9.16. The van der Waals surface area contributed by atoms with Crippen molar-refractivity contribution >= 4 is 44.1 Å². The minimum Gasteiger partial charge on any atom is -0.343 e. The third kappa shape index (κ3) is 5.92. The second kappa shape index (κ2) is 11.2. The van der Waals surface area contributed by atoms with Gasteiger partial charge in [-0.2, -0.15) is 0 Å². The van der Waals surface area contributed by atoms with Crippen LogP contribution in [0.4, 0.5) is 15.6 Å². The molecule has 0 unspecified atom stereocenters. The van der Waals surface area contributed by atoms with E-state index in [-0.39, 0.29) is 21.8 Å². The highest BCUT2D eigenvalue weighted by molar-refractivity contribution is 7.91. The van der Waals surface area contributed by atoms with E-state index in [1.807, 2.05) is 54.6 Å². The smallest absolute Gasteiger partial charge is 0.328 e. The fourth-order valence-electron chi connectivity index (χ4n) is 4.04. The van der Waals surface area contributed by atoms with E-state index in [0.29, 0.717) is 30.8 Å². The number of carbonyl (C=O) groups excluding carboxylic acids is 2. The Hall–Kier alpha value is -3.28. The van der Waals surface area contributed by atoms with Gasteiger partial charge in [0.1, 0.15) is 0 Å². The molecule has 9 nitrogen and oxygen atoms in total. The lowest BCUT2D eigenvalue weighted by Gasteiger charge is -2.22. The molecular weight excluding hydrogens is 498 g/mol. The van der Waals surface area contributed by atoms with Gasteiger partial charge in [0.05, 0.1) is 5.69 Å². The van der Waals surface area contributed by atoms with Gasteiger partial charge in [-0.15, -0.1) is 0 Å². The van der Waals surface area contributed by atoms with Crippen molar-refractivity contribution in [3.8, 4) is 11.1 Å². The molecule has 4 rings (SSSR count). The van der Waals surface area contributed by atoms with E-state index in [1.54, 1.807) is 11.8 Å². The number of nitrogens with one attached hydrogen (secondary N) is 2. The molecule has 36 heavy (non-hydrogen) atoms. The van der Waals surface area contributed by atoms with Gasteiger partial charge < -0.3 is 10.2 Å². The normalized spacial score (nSPS) is 13.7. The number of sulfonamides is 1. The number of hydrogen-bond donors (Lipinski definition) is 2. The number of likely N-dealkylation sites (tertiary alicyclic amines) is 1. The Morgan fingerprint density at radius 2 is 1.81 bits per heavy atom. The maximum absolute atomic E-state index is 13.3. The van der Waals surface area contributed by atoms with Crippen LogP contribution in [0.2, 0.25) is 0 Å². The summed E-state index contributed by atoms with van der Waals surface area (Å²) in [6.07, 6.45) is 1.94. The minimum atomic E-state index is -3.70. The summed E-state index contributed by atoms with van der Waals surface area (Å²) in [7, 11) is -2.37. The number of hydrogen-bond acceptors (Lipinski definition) is 6. The fraction of sp³-hybridized carbons (Fsp3) is 0.320. The molecule has 3 aromatic rings. The molecule has 1 aliphatic heterocycles. The van der Waals surface area contributed by atoms with Gasteiger partial charge in [0.25, 0.3) is 10.0 Å². The number of aromatic nitrogens is 1. The first-order valence-corrected chi connectivity index (χ1v) is 14.0. The van der Waals surface area contributed by atoms with Crippen molar-refractivity contribution in [3.63, 3.8) is 0 Å². The second-order valence-corrected chi connectivity index (χ2v) is 11.5. The van der Waals surface area contributed by atoms with Gasteiger partial charge in [-0.05, 0) is 50.1 Å². The Balaban J connectivity index is 1.53. The predicted octanol–water partition coefficient (Wildman–Crippen LogP) is 4.08. The topological polar surface area (TPSA) is 112 Å². The van der Waals surface area contributed by atoms with Gasteiger partial charge in [0.15, 0.2) is 9.34 Å². The Morgan fingerprint density at radius 1 is 1.11 bits per heavy atom. The van der Waals surface area contributed by atoms with E-state index in [9.17, 15) is 18.0 Å². The first kappa shape index (κ1) is 25.8. The zero-order valence-corrected chi connectivity index (χ0v) is 21.9. The highest BCUT2D eigenvalue weighted by atomic mass is 32.2. The van der Waals surface area contributed by atoms with Crippen LogP contribution in [-0.4, -0.2) is 56.9 Å². The number of rotatable bonds is 9. The largest absolute Gasteiger partial charge is 0.343 e. The SMILES string of the molecule is CNS(=O)(=O)c1sc(N(CCCN2CCCC2=O)C(=O)Nc2ccc(-c3ccccc3)cc2)nc1C. The number of amides is 3. The average molecular weight is 528 g/mol. The zero-order chi connectivity index (χ0) is 25.7. The van der Waals surface area contributed by atoms with E-state index in [1.165, 1.54) is 11.9 Å². The molecule has 1 aromatic heterocycles. The lowest BCUT2D eigenvalue weighted by atomic mass is 10.1. The van der Waals surface area contributed by atoms with E-state index in [2.05, 4.69) is 15.0 Å². The van der Waals surface area contributed by atoms with Crippen LogP contribution in [0.3, 0.4) is 0 Å². The summed E-state index contributed by atoms with van der Waals surface area (Å²) in [6, 6.07) is 17.0. The quantitative estimate of drug-likeness (QED) is 0.436. The summed E-state index contributed by atoms with van der Waals surface area (Å²) in [4.78, 5) is 32.9. The molecule has 11 heteroatoms. The van der Waals surface area contributed by atoms with Crippen LogP contribution in [0.1, 0.15) is 25.0 Å². The Labute approximate surface area is 215 Å². The second-order valence-electron chi connectivity index (χ2n) is 8.44.